The molecule has 5 heteroatoms. The van der Waals surface area contributed by atoms with E-state index in [2.05, 4.69) is 260 Å². The summed E-state index contributed by atoms with van der Waals surface area (Å²) in [6, 6.07) is 81.1. The zero-order valence-corrected chi connectivity index (χ0v) is 38.8. The molecule has 11 aromatic rings. The number of benzene rings is 9. The summed E-state index contributed by atoms with van der Waals surface area (Å²) in [5, 5.41) is 2.29. The first kappa shape index (κ1) is 40.6. The molecule has 4 heterocycles. The van der Waals surface area contributed by atoms with Crippen LogP contribution in [0.25, 0.3) is 83.4 Å². The van der Waals surface area contributed by atoms with Crippen molar-refractivity contribution >= 4 is 44.6 Å². The van der Waals surface area contributed by atoms with E-state index in [4.69, 9.17) is 9.72 Å². The molecule has 0 unspecified atom stereocenters. The number of rotatable bonds is 2. The van der Waals surface area contributed by atoms with Gasteiger partial charge in [0.25, 0.3) is 0 Å². The molecule has 0 radical (unpaired) electrons. The van der Waals surface area contributed by atoms with E-state index in [1.54, 1.807) is 0 Å². The number of anilines is 4. The standard InChI is InChI=1S/C64H48N4O/c1-64(2,3)47-21-12-19-45(37-47)52-26-14-27-55-53-25-8-7-24-51(53)44-18-11-20-46(36-44)57-28-15-31-62(65-57)68-58-35-32-43(42-16-5-4-6-17-42)38-56(58)54-34-33-50(40-61(54)68)69-49-23-13-22-48(39-49)66-41-67(63(52)55)60-30-10-9-29-59(60)66/h4-40H,41H2,1-3H3. The monoisotopic (exact) mass is 888 g/mol. The Labute approximate surface area is 402 Å². The maximum atomic E-state index is 6.88. The Balaban J connectivity index is 1.06. The Hall–Kier alpha value is -8.67. The van der Waals surface area contributed by atoms with Crippen LogP contribution in [0.4, 0.5) is 22.7 Å². The first-order chi connectivity index (χ1) is 33.8. The van der Waals surface area contributed by atoms with Gasteiger partial charge in [-0.3, -0.25) is 4.57 Å². The summed E-state index contributed by atoms with van der Waals surface area (Å²) in [7, 11) is 0. The first-order valence-corrected chi connectivity index (χ1v) is 23.8. The topological polar surface area (TPSA) is 33.5 Å². The van der Waals surface area contributed by atoms with Crippen molar-refractivity contribution in [1.82, 2.24) is 9.55 Å². The summed E-state index contributed by atoms with van der Waals surface area (Å²) < 4.78 is 9.17. The third-order valence-corrected chi connectivity index (χ3v) is 14.0. The molecule has 2 aromatic heterocycles. The Morgan fingerprint density at radius 1 is 0.420 bits per heavy atom. The largest absolute Gasteiger partial charge is 0.457 e. The van der Waals surface area contributed by atoms with Crippen molar-refractivity contribution in [2.45, 2.75) is 26.2 Å². The van der Waals surface area contributed by atoms with Crippen molar-refractivity contribution in [3.8, 4) is 73.1 Å². The van der Waals surface area contributed by atoms with Gasteiger partial charge in [-0.2, -0.15) is 0 Å². The van der Waals surface area contributed by atoms with Crippen molar-refractivity contribution < 1.29 is 4.74 Å². The average molecular weight is 889 g/mol. The van der Waals surface area contributed by atoms with Crippen LogP contribution in [-0.2, 0) is 5.41 Å². The fourth-order valence-electron chi connectivity index (χ4n) is 10.6. The molecule has 5 nitrogen and oxygen atoms in total. The molecule has 0 amide bonds. The SMILES string of the molecule is CC(C)(C)c1cccc(-c2cccc3c2N2CN(c4cccc(c4)Oc4ccc5c6cc(-c7ccccc7)ccc6n(c5c4)-c4cccc(n4)-c4cccc(c4)-c4ccccc4-3)c3ccccc32)c1. The lowest BCUT2D eigenvalue weighted by Crippen LogP contribution is -2.25. The zero-order valence-electron chi connectivity index (χ0n) is 38.8. The van der Waals surface area contributed by atoms with Gasteiger partial charge in [0.15, 0.2) is 0 Å². The lowest BCUT2D eigenvalue weighted by molar-refractivity contribution is 0.483. The molecule has 0 saturated carbocycles. The Kier molecular flexibility index (Phi) is 9.41. The minimum absolute atomic E-state index is 0.0145. The van der Waals surface area contributed by atoms with Crippen LogP contribution < -0.4 is 14.5 Å². The molecule has 330 valence electrons. The van der Waals surface area contributed by atoms with Crippen molar-refractivity contribution in [3.63, 3.8) is 0 Å². The molecule has 2 aliphatic heterocycles. The third kappa shape index (κ3) is 6.96. The van der Waals surface area contributed by atoms with Crippen LogP contribution in [0.15, 0.2) is 224 Å². The van der Waals surface area contributed by atoms with E-state index >= 15 is 0 Å². The Bertz CT molecular complexity index is 3800. The fourth-order valence-corrected chi connectivity index (χ4v) is 10.6. The Morgan fingerprint density at radius 3 is 1.94 bits per heavy atom. The summed E-state index contributed by atoms with van der Waals surface area (Å²) in [4.78, 5) is 10.4. The summed E-state index contributed by atoms with van der Waals surface area (Å²) in [5.41, 5.74) is 19.1. The van der Waals surface area contributed by atoms with Gasteiger partial charge in [0.2, 0.25) is 0 Å². The molecule has 13 rings (SSSR count). The Morgan fingerprint density at radius 2 is 1.09 bits per heavy atom. The lowest BCUT2D eigenvalue weighted by Gasteiger charge is -2.28. The van der Waals surface area contributed by atoms with E-state index in [1.807, 2.05) is 0 Å². The van der Waals surface area contributed by atoms with Gasteiger partial charge in [0, 0.05) is 45.3 Å². The van der Waals surface area contributed by atoms with Gasteiger partial charge in [0.1, 0.15) is 24.0 Å². The number of aromatic nitrogens is 2. The van der Waals surface area contributed by atoms with E-state index in [-0.39, 0.29) is 5.41 Å². The van der Waals surface area contributed by atoms with E-state index < -0.39 is 0 Å². The number of pyridine rings is 1. The molecule has 0 spiro atoms. The average Bonchev–Trinajstić information content (AvgIpc) is 3.94. The summed E-state index contributed by atoms with van der Waals surface area (Å²) >= 11 is 0. The molecule has 0 fully saturated rings. The molecule has 69 heavy (non-hydrogen) atoms. The second-order valence-corrected chi connectivity index (χ2v) is 19.2. The van der Waals surface area contributed by atoms with Crippen molar-refractivity contribution in [2.75, 3.05) is 16.5 Å². The van der Waals surface area contributed by atoms with Crippen LogP contribution in [0.3, 0.4) is 0 Å². The van der Waals surface area contributed by atoms with Gasteiger partial charge in [0.05, 0.1) is 33.8 Å². The van der Waals surface area contributed by atoms with Crippen molar-refractivity contribution in [1.29, 1.82) is 0 Å². The number of nitrogens with zero attached hydrogens (tertiary/aromatic N) is 4. The highest BCUT2D eigenvalue weighted by atomic mass is 16.5. The summed E-state index contributed by atoms with van der Waals surface area (Å²) in [5.74, 6) is 2.35. The van der Waals surface area contributed by atoms with Crippen molar-refractivity contribution in [2.24, 2.45) is 0 Å². The number of ether oxygens (including phenoxy) is 1. The fraction of sp³-hybridized carbons (Fsp3) is 0.0781. The van der Waals surface area contributed by atoms with Gasteiger partial charge < -0.3 is 14.5 Å². The smallest absolute Gasteiger partial charge is 0.138 e. The molecule has 0 aliphatic carbocycles. The zero-order chi connectivity index (χ0) is 46.2. The highest BCUT2D eigenvalue weighted by Crippen LogP contribution is 2.52. The van der Waals surface area contributed by atoms with Crippen LogP contribution in [0.2, 0.25) is 0 Å². The number of hydrogen-bond acceptors (Lipinski definition) is 4. The first-order valence-electron chi connectivity index (χ1n) is 23.8. The number of hydrogen-bond donors (Lipinski definition) is 0. The van der Waals surface area contributed by atoms with Crippen LogP contribution in [0.5, 0.6) is 11.5 Å². The number of para-hydroxylation sites is 3. The number of fused-ring (bicyclic) bond motifs is 23. The normalized spacial score (nSPS) is 12.9. The minimum atomic E-state index is -0.0145. The highest BCUT2D eigenvalue weighted by Gasteiger charge is 2.32. The predicted molar refractivity (Wildman–Crippen MR) is 287 cm³/mol. The second-order valence-electron chi connectivity index (χ2n) is 19.2. The summed E-state index contributed by atoms with van der Waals surface area (Å²) in [6.07, 6.45) is 0. The molecule has 0 saturated heterocycles. The van der Waals surface area contributed by atoms with Gasteiger partial charge in [-0.15, -0.1) is 0 Å². The predicted octanol–water partition coefficient (Wildman–Crippen LogP) is 17.2. The molecule has 10 bridgehead atoms. The third-order valence-electron chi connectivity index (χ3n) is 14.0. The molecule has 0 N–H and O–H groups in total. The lowest BCUT2D eigenvalue weighted by atomic mass is 9.84. The molecule has 9 aromatic carbocycles. The van der Waals surface area contributed by atoms with Gasteiger partial charge in [-0.05, 0) is 111 Å². The molecular formula is C64H48N4O. The molecule has 0 atom stereocenters. The molecule has 2 aliphatic rings. The second kappa shape index (κ2) is 16.0. The van der Waals surface area contributed by atoms with Gasteiger partial charge in [-0.1, -0.05) is 166 Å². The van der Waals surface area contributed by atoms with Gasteiger partial charge >= 0.3 is 0 Å². The van der Waals surface area contributed by atoms with Crippen molar-refractivity contribution in [3.05, 3.63) is 230 Å². The quantitative estimate of drug-likeness (QED) is 0.173. The highest BCUT2D eigenvalue weighted by molar-refractivity contribution is 6.11. The van der Waals surface area contributed by atoms with Gasteiger partial charge in [-0.25, -0.2) is 4.98 Å². The van der Waals surface area contributed by atoms with E-state index in [1.165, 1.54) is 27.8 Å². The van der Waals surface area contributed by atoms with Crippen LogP contribution >= 0.6 is 0 Å². The summed E-state index contributed by atoms with van der Waals surface area (Å²) in [6.45, 7) is 7.46. The van der Waals surface area contributed by atoms with E-state index in [9.17, 15) is 0 Å². The van der Waals surface area contributed by atoms with Crippen LogP contribution in [0.1, 0.15) is 26.3 Å². The molecular weight excluding hydrogens is 841 g/mol. The van der Waals surface area contributed by atoms with Crippen LogP contribution in [0, 0.1) is 0 Å². The van der Waals surface area contributed by atoms with E-state index in [0.717, 1.165) is 95.4 Å². The maximum absolute atomic E-state index is 6.88. The minimum Gasteiger partial charge on any atom is -0.457 e. The van der Waals surface area contributed by atoms with E-state index in [0.29, 0.717) is 6.67 Å². The maximum Gasteiger partial charge on any atom is 0.138 e. The van der Waals surface area contributed by atoms with Crippen LogP contribution in [-0.4, -0.2) is 16.2 Å².